The van der Waals surface area contributed by atoms with Gasteiger partial charge in [0.15, 0.2) is 6.10 Å². The molecule has 0 saturated heterocycles. The Morgan fingerprint density at radius 3 is 2.47 bits per heavy atom. The van der Waals surface area contributed by atoms with Gasteiger partial charge >= 0.3 is 0 Å². The van der Waals surface area contributed by atoms with E-state index in [4.69, 9.17) is 9.47 Å². The van der Waals surface area contributed by atoms with Gasteiger partial charge in [-0.05, 0) is 63.2 Å². The van der Waals surface area contributed by atoms with Crippen LogP contribution in [-0.4, -0.2) is 29.5 Å². The average Bonchev–Trinajstić information content (AvgIpc) is 2.72. The van der Waals surface area contributed by atoms with E-state index in [1.54, 1.807) is 44.2 Å². The Morgan fingerprint density at radius 1 is 1.07 bits per heavy atom. The van der Waals surface area contributed by atoms with Crippen molar-refractivity contribution in [3.05, 3.63) is 65.6 Å². The van der Waals surface area contributed by atoms with Gasteiger partial charge in [-0.3, -0.25) is 25.4 Å². The monoisotopic (exact) mass is 411 g/mol. The van der Waals surface area contributed by atoms with Crippen LogP contribution in [0.25, 0.3) is 10.9 Å². The fourth-order valence-corrected chi connectivity index (χ4v) is 2.85. The van der Waals surface area contributed by atoms with Crippen molar-refractivity contribution in [1.82, 2.24) is 15.8 Å². The van der Waals surface area contributed by atoms with Crippen molar-refractivity contribution in [3.63, 3.8) is 0 Å². The zero-order chi connectivity index (χ0) is 21.7. The van der Waals surface area contributed by atoms with Crippen LogP contribution in [0.3, 0.4) is 0 Å². The summed E-state index contributed by atoms with van der Waals surface area (Å²) < 4.78 is 24.4. The van der Waals surface area contributed by atoms with Gasteiger partial charge < -0.3 is 9.47 Å². The highest BCUT2D eigenvalue weighted by Gasteiger charge is 2.18. The molecule has 1 aromatic heterocycles. The molecule has 3 aromatic rings. The quantitative estimate of drug-likeness (QED) is 0.608. The van der Waals surface area contributed by atoms with E-state index >= 15 is 0 Å². The van der Waals surface area contributed by atoms with Crippen LogP contribution in [0.1, 0.15) is 29.9 Å². The van der Waals surface area contributed by atoms with Gasteiger partial charge in [0.1, 0.15) is 17.3 Å². The van der Waals surface area contributed by atoms with Gasteiger partial charge in [0.25, 0.3) is 11.8 Å². The molecule has 2 amide bonds. The number of nitrogens with one attached hydrogen (secondary N) is 2. The highest BCUT2D eigenvalue weighted by atomic mass is 19.1. The molecule has 1 unspecified atom stereocenters. The number of amides is 2. The van der Waals surface area contributed by atoms with Crippen LogP contribution in [0.15, 0.2) is 48.5 Å². The number of benzene rings is 2. The Morgan fingerprint density at radius 2 is 1.77 bits per heavy atom. The standard InChI is InChI=1S/C22H22FN3O4/c1-4-29-16-6-8-17(9-7-16)30-14(3)21(27)25-26-22(28)19-11-13(2)24-20-12-15(23)5-10-18(19)20/h5-12,14H,4H2,1-3H3,(H,25,27)(H,26,28). The first-order chi connectivity index (χ1) is 14.4. The first-order valence-electron chi connectivity index (χ1n) is 9.44. The Bertz CT molecular complexity index is 1060. The van der Waals surface area contributed by atoms with Crippen LogP contribution in [0, 0.1) is 12.7 Å². The normalized spacial score (nSPS) is 11.6. The predicted molar refractivity (Wildman–Crippen MR) is 110 cm³/mol. The van der Waals surface area contributed by atoms with Gasteiger partial charge in [-0.2, -0.15) is 0 Å². The lowest BCUT2D eigenvalue weighted by Crippen LogP contribution is -2.47. The lowest BCUT2D eigenvalue weighted by molar-refractivity contribution is -0.128. The number of carbonyl (C=O) groups is 2. The summed E-state index contributed by atoms with van der Waals surface area (Å²) in [6.07, 6.45) is -0.853. The minimum absolute atomic E-state index is 0.276. The largest absolute Gasteiger partial charge is 0.494 e. The van der Waals surface area contributed by atoms with E-state index in [0.29, 0.717) is 34.7 Å². The number of fused-ring (bicyclic) bond motifs is 1. The summed E-state index contributed by atoms with van der Waals surface area (Å²) in [5, 5.41) is 0.479. The number of nitrogens with zero attached hydrogens (tertiary/aromatic N) is 1. The highest BCUT2D eigenvalue weighted by molar-refractivity contribution is 6.06. The topological polar surface area (TPSA) is 89.5 Å². The van der Waals surface area contributed by atoms with Gasteiger partial charge in [-0.15, -0.1) is 0 Å². The summed E-state index contributed by atoms with van der Waals surface area (Å²) in [6, 6.07) is 12.4. The van der Waals surface area contributed by atoms with E-state index in [1.807, 2.05) is 6.92 Å². The molecule has 0 radical (unpaired) electrons. The van der Waals surface area contributed by atoms with Gasteiger partial charge in [0.05, 0.1) is 17.7 Å². The summed E-state index contributed by atoms with van der Waals surface area (Å²) in [4.78, 5) is 29.1. The average molecular weight is 411 g/mol. The van der Waals surface area contributed by atoms with Crippen molar-refractivity contribution < 1.29 is 23.5 Å². The molecule has 156 valence electrons. The zero-order valence-electron chi connectivity index (χ0n) is 16.9. The minimum Gasteiger partial charge on any atom is -0.494 e. The Balaban J connectivity index is 1.63. The SMILES string of the molecule is CCOc1ccc(OC(C)C(=O)NNC(=O)c2cc(C)nc3cc(F)ccc23)cc1. The summed E-state index contributed by atoms with van der Waals surface area (Å²) in [6.45, 7) is 5.71. The van der Waals surface area contributed by atoms with Gasteiger partial charge in [-0.25, -0.2) is 4.39 Å². The van der Waals surface area contributed by atoms with Crippen LogP contribution in [0.2, 0.25) is 0 Å². The van der Waals surface area contributed by atoms with Crippen LogP contribution >= 0.6 is 0 Å². The van der Waals surface area contributed by atoms with Crippen LogP contribution in [0.4, 0.5) is 4.39 Å². The molecule has 0 spiro atoms. The Labute approximate surface area is 173 Å². The number of hydrogen-bond acceptors (Lipinski definition) is 5. The lowest BCUT2D eigenvalue weighted by Gasteiger charge is -2.16. The van der Waals surface area contributed by atoms with E-state index in [0.717, 1.165) is 0 Å². The van der Waals surface area contributed by atoms with Crippen molar-refractivity contribution in [1.29, 1.82) is 0 Å². The smallest absolute Gasteiger partial charge is 0.279 e. The number of rotatable bonds is 6. The second-order valence-corrected chi connectivity index (χ2v) is 6.58. The molecule has 0 bridgehead atoms. The Kier molecular flexibility index (Phi) is 6.46. The molecule has 0 saturated carbocycles. The zero-order valence-corrected chi connectivity index (χ0v) is 16.9. The fraction of sp³-hybridized carbons (Fsp3) is 0.227. The van der Waals surface area contributed by atoms with E-state index < -0.39 is 23.7 Å². The highest BCUT2D eigenvalue weighted by Crippen LogP contribution is 2.20. The molecule has 0 fully saturated rings. The number of hydrazine groups is 1. The summed E-state index contributed by atoms with van der Waals surface area (Å²) in [5.41, 5.74) is 5.90. The summed E-state index contributed by atoms with van der Waals surface area (Å²) in [7, 11) is 0. The molecular weight excluding hydrogens is 389 g/mol. The van der Waals surface area contributed by atoms with E-state index in [9.17, 15) is 14.0 Å². The third kappa shape index (κ3) is 5.02. The molecule has 3 rings (SSSR count). The summed E-state index contributed by atoms with van der Waals surface area (Å²) in [5.74, 6) is -0.322. The van der Waals surface area contributed by atoms with Crippen molar-refractivity contribution in [2.45, 2.75) is 26.9 Å². The predicted octanol–water partition coefficient (Wildman–Crippen LogP) is 3.31. The van der Waals surface area contributed by atoms with Crippen LogP contribution in [0.5, 0.6) is 11.5 Å². The number of aromatic nitrogens is 1. The van der Waals surface area contributed by atoms with Gasteiger partial charge in [0.2, 0.25) is 0 Å². The van der Waals surface area contributed by atoms with Crippen LogP contribution < -0.4 is 20.3 Å². The molecule has 7 nitrogen and oxygen atoms in total. The van der Waals surface area contributed by atoms with E-state index in [2.05, 4.69) is 15.8 Å². The maximum atomic E-state index is 13.5. The fourth-order valence-electron chi connectivity index (χ4n) is 2.85. The molecule has 0 aliphatic heterocycles. The van der Waals surface area contributed by atoms with E-state index in [-0.39, 0.29) is 5.56 Å². The molecule has 0 aliphatic rings. The molecule has 1 atom stereocenters. The van der Waals surface area contributed by atoms with Gasteiger partial charge in [-0.1, -0.05) is 0 Å². The number of carbonyl (C=O) groups excluding carboxylic acids is 2. The number of halogens is 1. The molecule has 1 heterocycles. The number of hydrogen-bond donors (Lipinski definition) is 2. The molecular formula is C22H22FN3O4. The first kappa shape index (κ1) is 21.0. The first-order valence-corrected chi connectivity index (χ1v) is 9.44. The van der Waals surface area contributed by atoms with Crippen molar-refractivity contribution >= 4 is 22.7 Å². The number of pyridine rings is 1. The molecule has 2 N–H and O–H groups in total. The minimum atomic E-state index is -0.853. The second-order valence-electron chi connectivity index (χ2n) is 6.58. The lowest BCUT2D eigenvalue weighted by atomic mass is 10.1. The number of ether oxygens (including phenoxy) is 2. The third-order valence-electron chi connectivity index (χ3n) is 4.26. The second kappa shape index (κ2) is 9.21. The van der Waals surface area contributed by atoms with Crippen molar-refractivity contribution in [2.75, 3.05) is 6.61 Å². The third-order valence-corrected chi connectivity index (χ3v) is 4.26. The molecule has 8 heteroatoms. The Hall–Kier alpha value is -3.68. The van der Waals surface area contributed by atoms with Crippen molar-refractivity contribution in [2.24, 2.45) is 0 Å². The van der Waals surface area contributed by atoms with E-state index in [1.165, 1.54) is 18.2 Å². The van der Waals surface area contributed by atoms with Crippen molar-refractivity contribution in [3.8, 4) is 11.5 Å². The molecule has 30 heavy (non-hydrogen) atoms. The molecule has 0 aliphatic carbocycles. The maximum absolute atomic E-state index is 13.5. The maximum Gasteiger partial charge on any atom is 0.279 e. The van der Waals surface area contributed by atoms with Crippen LogP contribution in [-0.2, 0) is 4.79 Å². The van der Waals surface area contributed by atoms with Gasteiger partial charge in [0, 0.05) is 17.1 Å². The number of aryl methyl sites for hydroxylation is 1. The molecule has 2 aromatic carbocycles. The summed E-state index contributed by atoms with van der Waals surface area (Å²) >= 11 is 0.